The molecular weight excluding hydrogens is 342 g/mol. The predicted octanol–water partition coefficient (Wildman–Crippen LogP) is 2.53. The first-order chi connectivity index (χ1) is 13.1. The van der Waals surface area contributed by atoms with Crippen LogP contribution in [0.2, 0.25) is 0 Å². The Kier molecular flexibility index (Phi) is 4.40. The summed E-state index contributed by atoms with van der Waals surface area (Å²) >= 11 is 0. The second-order valence-electron chi connectivity index (χ2n) is 6.30. The summed E-state index contributed by atoms with van der Waals surface area (Å²) in [4.78, 5) is 28.6. The van der Waals surface area contributed by atoms with E-state index in [4.69, 9.17) is 5.11 Å². The Hall–Kier alpha value is -3.51. The molecule has 0 saturated carbocycles. The number of nitrogens with zero attached hydrogens (tertiary/aromatic N) is 2. The maximum atomic E-state index is 12.9. The maximum Gasteiger partial charge on any atom is 0.261 e. The minimum atomic E-state index is -0.614. The Bertz CT molecular complexity index is 1210. The van der Waals surface area contributed by atoms with Gasteiger partial charge in [-0.3, -0.25) is 14.2 Å². The third-order valence-electron chi connectivity index (χ3n) is 4.42. The number of carbonyl (C=O) groups excluding carboxylic acids is 1. The van der Waals surface area contributed by atoms with Crippen LogP contribution in [0.4, 0.5) is 5.69 Å². The Labute approximate surface area is 154 Å². The average Bonchev–Trinajstić information content (AvgIpc) is 2.70. The van der Waals surface area contributed by atoms with Gasteiger partial charge < -0.3 is 10.4 Å². The molecule has 1 amide bonds. The fraction of sp³-hybridized carbons (Fsp3) is 0.0952. The zero-order valence-electron chi connectivity index (χ0n) is 14.4. The van der Waals surface area contributed by atoms with Crippen molar-refractivity contribution in [3.63, 3.8) is 0 Å². The van der Waals surface area contributed by atoms with Crippen molar-refractivity contribution in [3.8, 4) is 0 Å². The highest BCUT2D eigenvalue weighted by Crippen LogP contribution is 2.17. The summed E-state index contributed by atoms with van der Waals surface area (Å²) < 4.78 is 1.55. The van der Waals surface area contributed by atoms with Crippen molar-refractivity contribution in [1.82, 2.24) is 9.55 Å². The van der Waals surface area contributed by atoms with Gasteiger partial charge in [0.1, 0.15) is 6.61 Å². The van der Waals surface area contributed by atoms with Crippen molar-refractivity contribution < 1.29 is 9.90 Å². The molecule has 0 unspecified atom stereocenters. The molecule has 2 N–H and O–H groups in total. The number of nitrogens with one attached hydrogen (secondary N) is 1. The van der Waals surface area contributed by atoms with E-state index >= 15 is 0 Å². The standard InChI is InChI=1S/C21H17N3O3/c25-12-20(26)23-17-7-8-19-18(10-17)21(27)24(13-22-19)11-14-5-6-15-3-1-2-4-16(15)9-14/h1-10,13,25H,11-12H2,(H,23,26). The van der Waals surface area contributed by atoms with E-state index in [1.807, 2.05) is 36.4 Å². The summed E-state index contributed by atoms with van der Waals surface area (Å²) in [6.07, 6.45) is 1.53. The fourth-order valence-electron chi connectivity index (χ4n) is 3.08. The lowest BCUT2D eigenvalue weighted by atomic mass is 10.1. The summed E-state index contributed by atoms with van der Waals surface area (Å²) in [5.41, 5.74) is 1.82. The van der Waals surface area contributed by atoms with Gasteiger partial charge in [-0.05, 0) is 40.6 Å². The molecule has 0 aliphatic heterocycles. The van der Waals surface area contributed by atoms with Gasteiger partial charge in [0.25, 0.3) is 5.56 Å². The van der Waals surface area contributed by atoms with Crippen molar-refractivity contribution in [2.24, 2.45) is 0 Å². The van der Waals surface area contributed by atoms with Crippen LogP contribution in [0.15, 0.2) is 71.8 Å². The highest BCUT2D eigenvalue weighted by atomic mass is 16.3. The van der Waals surface area contributed by atoms with Crippen LogP contribution < -0.4 is 10.9 Å². The molecular formula is C21H17N3O3. The Morgan fingerprint density at radius 3 is 2.67 bits per heavy atom. The molecule has 4 rings (SSSR count). The van der Waals surface area contributed by atoms with Crippen LogP contribution >= 0.6 is 0 Å². The van der Waals surface area contributed by atoms with Crippen molar-refractivity contribution in [2.45, 2.75) is 6.54 Å². The van der Waals surface area contributed by atoms with Crippen LogP contribution in [0, 0.1) is 0 Å². The molecule has 0 saturated heterocycles. The van der Waals surface area contributed by atoms with Gasteiger partial charge in [0.15, 0.2) is 0 Å². The SMILES string of the molecule is O=C(CO)Nc1ccc2ncn(Cc3ccc4ccccc4c3)c(=O)c2c1. The number of hydrogen-bond acceptors (Lipinski definition) is 4. The van der Waals surface area contributed by atoms with Crippen molar-refractivity contribution in [3.05, 3.63) is 82.9 Å². The van der Waals surface area contributed by atoms with Gasteiger partial charge in [-0.15, -0.1) is 0 Å². The average molecular weight is 359 g/mol. The van der Waals surface area contributed by atoms with Gasteiger partial charge in [0.05, 0.1) is 23.8 Å². The predicted molar refractivity (Wildman–Crippen MR) is 105 cm³/mol. The number of anilines is 1. The molecule has 6 nitrogen and oxygen atoms in total. The number of aromatic nitrogens is 2. The summed E-state index contributed by atoms with van der Waals surface area (Å²) in [5, 5.41) is 14.1. The number of carbonyl (C=O) groups is 1. The molecule has 6 heteroatoms. The highest BCUT2D eigenvalue weighted by Gasteiger charge is 2.08. The van der Waals surface area contributed by atoms with E-state index in [0.29, 0.717) is 23.1 Å². The van der Waals surface area contributed by atoms with Crippen LogP contribution in [0.5, 0.6) is 0 Å². The van der Waals surface area contributed by atoms with Gasteiger partial charge in [0.2, 0.25) is 5.91 Å². The summed E-state index contributed by atoms with van der Waals surface area (Å²) in [5.74, 6) is -0.533. The number of aliphatic hydroxyl groups excluding tert-OH is 1. The Balaban J connectivity index is 1.71. The maximum absolute atomic E-state index is 12.9. The number of benzene rings is 3. The van der Waals surface area contributed by atoms with Crippen molar-refractivity contribution in [2.75, 3.05) is 11.9 Å². The second kappa shape index (κ2) is 7.01. The monoisotopic (exact) mass is 359 g/mol. The molecule has 0 radical (unpaired) electrons. The molecule has 1 heterocycles. The molecule has 0 bridgehead atoms. The summed E-state index contributed by atoms with van der Waals surface area (Å²) in [6.45, 7) is -0.211. The molecule has 134 valence electrons. The second-order valence-corrected chi connectivity index (χ2v) is 6.30. The molecule has 0 aliphatic rings. The van der Waals surface area contributed by atoms with Crippen LogP contribution in [0.1, 0.15) is 5.56 Å². The van der Waals surface area contributed by atoms with E-state index in [2.05, 4.69) is 16.4 Å². The number of hydrogen-bond donors (Lipinski definition) is 2. The van der Waals surface area contributed by atoms with E-state index in [0.717, 1.165) is 16.3 Å². The topological polar surface area (TPSA) is 84.2 Å². The molecule has 1 aromatic heterocycles. The van der Waals surface area contributed by atoms with E-state index < -0.39 is 12.5 Å². The van der Waals surface area contributed by atoms with E-state index in [1.54, 1.807) is 22.8 Å². The minimum absolute atomic E-state index is 0.187. The number of fused-ring (bicyclic) bond motifs is 2. The van der Waals surface area contributed by atoms with Gasteiger partial charge in [-0.2, -0.15) is 0 Å². The summed E-state index contributed by atoms with van der Waals surface area (Å²) in [6, 6.07) is 19.1. The highest BCUT2D eigenvalue weighted by molar-refractivity contribution is 5.94. The van der Waals surface area contributed by atoms with Crippen LogP contribution in [-0.2, 0) is 11.3 Å². The lowest BCUT2D eigenvalue weighted by Crippen LogP contribution is -2.21. The van der Waals surface area contributed by atoms with Crippen LogP contribution in [-0.4, -0.2) is 27.2 Å². The largest absolute Gasteiger partial charge is 0.387 e. The van der Waals surface area contributed by atoms with Gasteiger partial charge in [-0.25, -0.2) is 4.98 Å². The lowest BCUT2D eigenvalue weighted by Gasteiger charge is -2.09. The Morgan fingerprint density at radius 1 is 1.04 bits per heavy atom. The molecule has 27 heavy (non-hydrogen) atoms. The van der Waals surface area contributed by atoms with E-state index in [9.17, 15) is 9.59 Å². The number of rotatable bonds is 4. The Morgan fingerprint density at radius 2 is 1.85 bits per heavy atom. The molecule has 3 aromatic carbocycles. The molecule has 4 aromatic rings. The van der Waals surface area contributed by atoms with Crippen LogP contribution in [0.3, 0.4) is 0 Å². The quantitative estimate of drug-likeness (QED) is 0.586. The fourth-order valence-corrected chi connectivity index (χ4v) is 3.08. The zero-order chi connectivity index (χ0) is 18.8. The first kappa shape index (κ1) is 16.9. The van der Waals surface area contributed by atoms with Crippen LogP contribution in [0.25, 0.3) is 21.7 Å². The minimum Gasteiger partial charge on any atom is -0.387 e. The lowest BCUT2D eigenvalue weighted by molar-refractivity contribution is -0.118. The first-order valence-electron chi connectivity index (χ1n) is 8.51. The smallest absolute Gasteiger partial charge is 0.261 e. The van der Waals surface area contributed by atoms with Gasteiger partial charge in [-0.1, -0.05) is 36.4 Å². The summed E-state index contributed by atoms with van der Waals surface area (Å²) in [7, 11) is 0. The van der Waals surface area contributed by atoms with E-state index in [-0.39, 0.29) is 5.56 Å². The van der Waals surface area contributed by atoms with Crippen molar-refractivity contribution >= 4 is 33.3 Å². The third kappa shape index (κ3) is 3.43. The first-order valence-corrected chi connectivity index (χ1v) is 8.51. The molecule has 0 fully saturated rings. The molecule has 0 aliphatic carbocycles. The normalized spacial score (nSPS) is 11.0. The van der Waals surface area contributed by atoms with Gasteiger partial charge in [0, 0.05) is 5.69 Å². The zero-order valence-corrected chi connectivity index (χ0v) is 14.4. The van der Waals surface area contributed by atoms with Crippen molar-refractivity contribution in [1.29, 1.82) is 0 Å². The third-order valence-corrected chi connectivity index (χ3v) is 4.42. The van der Waals surface area contributed by atoms with Gasteiger partial charge >= 0.3 is 0 Å². The molecule has 0 spiro atoms. The van der Waals surface area contributed by atoms with E-state index in [1.165, 1.54) is 6.33 Å². The number of amides is 1. The number of aliphatic hydroxyl groups is 1. The molecule has 0 atom stereocenters.